The molecule has 0 amide bonds. The number of nitrogens with zero attached hydrogens (tertiary/aromatic N) is 3. The summed E-state index contributed by atoms with van der Waals surface area (Å²) in [6, 6.07) is 38.9. The molecule has 9 heteroatoms. The zero-order valence-electron chi connectivity index (χ0n) is 26.6. The lowest BCUT2D eigenvalue weighted by molar-refractivity contribution is -0.0303. The fourth-order valence-electron chi connectivity index (χ4n) is 6.71. The van der Waals surface area contributed by atoms with E-state index in [9.17, 15) is 10.2 Å². The summed E-state index contributed by atoms with van der Waals surface area (Å²) in [7, 11) is 1.56. The largest absolute Gasteiger partial charge is 0.479 e. The summed E-state index contributed by atoms with van der Waals surface area (Å²) in [5.74, 6) is 0.390. The highest BCUT2D eigenvalue weighted by Crippen LogP contribution is 2.42. The average Bonchev–Trinajstić information content (AvgIpc) is 3.66. The molecule has 9 nitrogen and oxygen atoms in total. The average molecular weight is 643 g/mol. The monoisotopic (exact) mass is 642 g/mol. The molecule has 0 radical (unpaired) electrons. The normalized spacial score (nSPS) is 19.5. The SMILES string of the molecule is COc1ncnc2c([C@@H]3N[C@H](COC(c4ccccc4)(c4ccccc4)c4ccccc4)[C@@H](O)[C@H]3O)cn(COCc3ccccc3)c12. The summed E-state index contributed by atoms with van der Waals surface area (Å²) in [6.07, 6.45) is 1.06. The highest BCUT2D eigenvalue weighted by Gasteiger charge is 2.46. The van der Waals surface area contributed by atoms with Gasteiger partial charge >= 0.3 is 0 Å². The predicted molar refractivity (Wildman–Crippen MR) is 182 cm³/mol. The van der Waals surface area contributed by atoms with Crippen molar-refractivity contribution in [2.45, 2.75) is 43.2 Å². The third kappa shape index (κ3) is 5.98. The van der Waals surface area contributed by atoms with Gasteiger partial charge in [0.1, 0.15) is 35.8 Å². The van der Waals surface area contributed by atoms with E-state index in [0.29, 0.717) is 29.1 Å². The maximum absolute atomic E-state index is 11.5. The first kappa shape index (κ1) is 31.7. The van der Waals surface area contributed by atoms with E-state index in [2.05, 4.69) is 51.7 Å². The quantitative estimate of drug-likeness (QED) is 0.153. The topological polar surface area (TPSA) is 111 Å². The Morgan fingerprint density at radius 1 is 0.750 bits per heavy atom. The van der Waals surface area contributed by atoms with Crippen LogP contribution in [-0.4, -0.2) is 56.7 Å². The molecule has 48 heavy (non-hydrogen) atoms. The highest BCUT2D eigenvalue weighted by atomic mass is 16.5. The standard InChI is InChI=1S/C39H38N4O5/c1-46-38-35-33(40-25-41-38)31(22-43(35)26-47-23-27-14-6-2-7-15-27)34-37(45)36(44)32(42-34)24-48-39(28-16-8-3-9-17-28,29-18-10-4-11-19-29)30-20-12-5-13-21-30/h2-22,25,32,34,36-37,42,44-45H,23-24,26H2,1H3/t32-,34+,36-,37+/m1/s1. The molecule has 3 N–H and O–H groups in total. The van der Waals surface area contributed by atoms with Gasteiger partial charge in [0.25, 0.3) is 0 Å². The van der Waals surface area contributed by atoms with Gasteiger partial charge in [-0.1, -0.05) is 121 Å². The number of nitrogens with one attached hydrogen (secondary N) is 1. The second-order valence-corrected chi connectivity index (χ2v) is 11.9. The molecule has 1 aliphatic rings. The van der Waals surface area contributed by atoms with E-state index in [0.717, 1.165) is 22.3 Å². The van der Waals surface area contributed by atoms with Crippen molar-refractivity contribution in [3.05, 3.63) is 162 Å². The number of hydrogen-bond acceptors (Lipinski definition) is 8. The number of ether oxygens (including phenoxy) is 3. The molecular formula is C39H38N4O5. The number of aliphatic hydroxyl groups is 2. The fourth-order valence-corrected chi connectivity index (χ4v) is 6.71. The van der Waals surface area contributed by atoms with E-state index in [1.807, 2.05) is 95.7 Å². The zero-order valence-corrected chi connectivity index (χ0v) is 26.6. The zero-order chi connectivity index (χ0) is 32.9. The molecule has 3 heterocycles. The molecule has 0 bridgehead atoms. The van der Waals surface area contributed by atoms with E-state index in [1.54, 1.807) is 7.11 Å². The van der Waals surface area contributed by atoms with Crippen LogP contribution in [0, 0.1) is 0 Å². The van der Waals surface area contributed by atoms with Crippen LogP contribution >= 0.6 is 0 Å². The maximum Gasteiger partial charge on any atom is 0.241 e. The molecule has 0 saturated carbocycles. The van der Waals surface area contributed by atoms with Gasteiger partial charge in [0.2, 0.25) is 5.88 Å². The van der Waals surface area contributed by atoms with Gasteiger partial charge in [-0.3, -0.25) is 0 Å². The lowest BCUT2D eigenvalue weighted by Crippen LogP contribution is -2.42. The van der Waals surface area contributed by atoms with Crippen LogP contribution in [0.5, 0.6) is 5.88 Å². The maximum atomic E-state index is 11.5. The van der Waals surface area contributed by atoms with Crippen LogP contribution in [0.1, 0.15) is 33.9 Å². The number of rotatable bonds is 12. The molecular weight excluding hydrogens is 604 g/mol. The van der Waals surface area contributed by atoms with E-state index in [4.69, 9.17) is 14.2 Å². The Balaban J connectivity index is 1.20. The van der Waals surface area contributed by atoms with Crippen LogP contribution in [-0.2, 0) is 28.4 Å². The molecule has 0 unspecified atom stereocenters. The number of benzene rings is 4. The Kier molecular flexibility index (Phi) is 9.29. The third-order valence-corrected chi connectivity index (χ3v) is 9.03. The lowest BCUT2D eigenvalue weighted by atomic mass is 9.80. The summed E-state index contributed by atoms with van der Waals surface area (Å²) in [5, 5.41) is 26.4. The number of aromatic nitrogens is 3. The van der Waals surface area contributed by atoms with Gasteiger partial charge < -0.3 is 34.3 Å². The Bertz CT molecular complexity index is 1830. The van der Waals surface area contributed by atoms with Gasteiger partial charge in [-0.2, -0.15) is 4.98 Å². The van der Waals surface area contributed by atoms with Crippen molar-refractivity contribution >= 4 is 11.0 Å². The summed E-state index contributed by atoms with van der Waals surface area (Å²) in [4.78, 5) is 8.90. The van der Waals surface area contributed by atoms with E-state index < -0.39 is 29.9 Å². The Morgan fingerprint density at radius 3 is 1.88 bits per heavy atom. The Hall–Kier alpha value is -4.90. The summed E-state index contributed by atoms with van der Waals surface area (Å²) < 4.78 is 20.5. The van der Waals surface area contributed by atoms with Crippen molar-refractivity contribution in [1.82, 2.24) is 19.9 Å². The van der Waals surface area contributed by atoms with Crippen LogP contribution in [0.15, 0.2) is 134 Å². The second-order valence-electron chi connectivity index (χ2n) is 11.9. The van der Waals surface area contributed by atoms with Crippen molar-refractivity contribution in [2.75, 3.05) is 13.7 Å². The highest BCUT2D eigenvalue weighted by molar-refractivity contribution is 5.84. The molecule has 1 aliphatic heterocycles. The van der Waals surface area contributed by atoms with E-state index in [-0.39, 0.29) is 13.3 Å². The molecule has 1 fully saturated rings. The molecule has 6 aromatic rings. The number of hydrogen-bond donors (Lipinski definition) is 3. The smallest absolute Gasteiger partial charge is 0.241 e. The third-order valence-electron chi connectivity index (χ3n) is 9.03. The lowest BCUT2D eigenvalue weighted by Gasteiger charge is -2.37. The fraction of sp³-hybridized carbons (Fsp3) is 0.231. The second kappa shape index (κ2) is 14.1. The predicted octanol–water partition coefficient (Wildman–Crippen LogP) is 5.36. The van der Waals surface area contributed by atoms with Gasteiger partial charge in [0.05, 0.1) is 38.5 Å². The molecule has 0 aliphatic carbocycles. The van der Waals surface area contributed by atoms with Crippen molar-refractivity contribution in [2.24, 2.45) is 0 Å². The van der Waals surface area contributed by atoms with Crippen LogP contribution in [0.25, 0.3) is 11.0 Å². The Morgan fingerprint density at radius 2 is 1.31 bits per heavy atom. The van der Waals surface area contributed by atoms with Gasteiger partial charge in [0, 0.05) is 11.8 Å². The van der Waals surface area contributed by atoms with Crippen LogP contribution in [0.4, 0.5) is 0 Å². The minimum absolute atomic E-state index is 0.102. The molecule has 244 valence electrons. The van der Waals surface area contributed by atoms with Crippen LogP contribution in [0.2, 0.25) is 0 Å². The van der Waals surface area contributed by atoms with Gasteiger partial charge in [-0.15, -0.1) is 0 Å². The molecule has 7 rings (SSSR count). The van der Waals surface area contributed by atoms with Crippen LogP contribution < -0.4 is 10.1 Å². The molecule has 4 atom stereocenters. The molecule has 4 aromatic carbocycles. The summed E-state index contributed by atoms with van der Waals surface area (Å²) in [6.45, 7) is 0.728. The molecule has 0 spiro atoms. The molecule has 1 saturated heterocycles. The van der Waals surface area contributed by atoms with Crippen molar-refractivity contribution < 1.29 is 24.4 Å². The van der Waals surface area contributed by atoms with Crippen molar-refractivity contribution in [3.63, 3.8) is 0 Å². The van der Waals surface area contributed by atoms with Gasteiger partial charge in [0.15, 0.2) is 0 Å². The van der Waals surface area contributed by atoms with Crippen molar-refractivity contribution in [1.29, 1.82) is 0 Å². The Labute approximate surface area is 279 Å². The summed E-state index contributed by atoms with van der Waals surface area (Å²) in [5.41, 5.74) is 4.88. The van der Waals surface area contributed by atoms with Gasteiger partial charge in [-0.25, -0.2) is 4.98 Å². The minimum atomic E-state index is -1.14. The number of fused-ring (bicyclic) bond motifs is 1. The molecule has 2 aromatic heterocycles. The van der Waals surface area contributed by atoms with Gasteiger partial charge in [-0.05, 0) is 22.3 Å². The van der Waals surface area contributed by atoms with E-state index >= 15 is 0 Å². The van der Waals surface area contributed by atoms with E-state index in [1.165, 1.54) is 6.33 Å². The summed E-state index contributed by atoms with van der Waals surface area (Å²) >= 11 is 0. The van der Waals surface area contributed by atoms with Crippen LogP contribution in [0.3, 0.4) is 0 Å². The minimum Gasteiger partial charge on any atom is -0.479 e. The first-order valence-electron chi connectivity index (χ1n) is 16.0. The van der Waals surface area contributed by atoms with Crippen molar-refractivity contribution in [3.8, 4) is 5.88 Å². The first-order chi connectivity index (χ1) is 23.6. The first-order valence-corrected chi connectivity index (χ1v) is 16.0. The number of methoxy groups -OCH3 is 1. The number of aliphatic hydroxyl groups excluding tert-OH is 2.